The lowest BCUT2D eigenvalue weighted by molar-refractivity contribution is 0.0698. The molecule has 1 heterocycles. The first-order valence-electron chi connectivity index (χ1n) is 9.30. The van der Waals surface area contributed by atoms with E-state index >= 15 is 0 Å². The fourth-order valence-electron chi connectivity index (χ4n) is 3.48. The highest BCUT2D eigenvalue weighted by atomic mass is 16.5. The fourth-order valence-corrected chi connectivity index (χ4v) is 3.48. The van der Waals surface area contributed by atoms with E-state index in [0.717, 1.165) is 13.0 Å². The van der Waals surface area contributed by atoms with Crippen LogP contribution in [0.4, 0.5) is 0 Å². The Hall–Kier alpha value is -1.53. The van der Waals surface area contributed by atoms with Crippen molar-refractivity contribution < 1.29 is 18.9 Å². The summed E-state index contributed by atoms with van der Waals surface area (Å²) >= 11 is 0. The van der Waals surface area contributed by atoms with Crippen molar-refractivity contribution in [2.45, 2.75) is 44.2 Å². The summed E-state index contributed by atoms with van der Waals surface area (Å²) in [5.41, 5.74) is 0. The summed E-state index contributed by atoms with van der Waals surface area (Å²) in [5.74, 6) is 1.17. The topological polar surface area (TPSA) is 52.5 Å². The minimum absolute atomic E-state index is 0.456. The molecule has 6 heteroatoms. The molecule has 0 spiro atoms. The Labute approximate surface area is 151 Å². The number of hydrogen-bond acceptors (Lipinski definition) is 6. The molecule has 0 bridgehead atoms. The molecule has 0 radical (unpaired) electrons. The van der Waals surface area contributed by atoms with Crippen molar-refractivity contribution in [3.63, 3.8) is 0 Å². The van der Waals surface area contributed by atoms with Crippen LogP contribution in [-0.4, -0.2) is 69.0 Å². The summed E-state index contributed by atoms with van der Waals surface area (Å²) in [6, 6.07) is 0.998. The second kappa shape index (κ2) is 11.9. The van der Waals surface area contributed by atoms with Gasteiger partial charge in [0.15, 0.2) is 0 Å². The molecule has 6 nitrogen and oxygen atoms in total. The first-order valence-corrected chi connectivity index (χ1v) is 9.30. The Kier molecular flexibility index (Phi) is 9.44. The smallest absolute Gasteiger partial charge is 0.111 e. The van der Waals surface area contributed by atoms with E-state index in [1.54, 1.807) is 0 Å². The minimum Gasteiger partial charge on any atom is -0.499 e. The van der Waals surface area contributed by atoms with Gasteiger partial charge < -0.3 is 23.8 Å². The zero-order valence-electron chi connectivity index (χ0n) is 15.2. The van der Waals surface area contributed by atoms with Crippen LogP contribution >= 0.6 is 0 Å². The predicted octanol–water partition coefficient (Wildman–Crippen LogP) is 2.76. The number of amidine groups is 1. The molecule has 142 valence electrons. The highest BCUT2D eigenvalue weighted by molar-refractivity contribution is 5.84. The number of aliphatic imine (C=N–C) groups is 1. The van der Waals surface area contributed by atoms with Gasteiger partial charge >= 0.3 is 0 Å². The first kappa shape index (κ1) is 19.8. The quantitative estimate of drug-likeness (QED) is 0.355. The predicted molar refractivity (Wildman–Crippen MR) is 98.7 cm³/mol. The summed E-state index contributed by atoms with van der Waals surface area (Å²) in [6.07, 6.45) is 8.75. The molecular formula is C19H32N2O4. The Bertz CT molecular complexity index is 428. The summed E-state index contributed by atoms with van der Waals surface area (Å²) in [6.45, 7) is 11.6. The number of nitrogens with zero attached hydrogens (tertiary/aromatic N) is 2. The average molecular weight is 352 g/mol. The van der Waals surface area contributed by atoms with Gasteiger partial charge in [0.25, 0.3) is 0 Å². The van der Waals surface area contributed by atoms with Crippen LogP contribution in [-0.2, 0) is 18.9 Å². The molecule has 1 aliphatic heterocycles. The molecule has 2 unspecified atom stereocenters. The molecule has 25 heavy (non-hydrogen) atoms. The Morgan fingerprint density at radius 3 is 2.32 bits per heavy atom. The molecule has 1 aliphatic carbocycles. The summed E-state index contributed by atoms with van der Waals surface area (Å²) in [4.78, 5) is 7.42. The van der Waals surface area contributed by atoms with Gasteiger partial charge in [0.2, 0.25) is 0 Å². The van der Waals surface area contributed by atoms with E-state index in [-0.39, 0.29) is 0 Å². The van der Waals surface area contributed by atoms with E-state index in [2.05, 4.69) is 18.1 Å². The summed E-state index contributed by atoms with van der Waals surface area (Å²) < 4.78 is 21.4. The van der Waals surface area contributed by atoms with Gasteiger partial charge in [-0.1, -0.05) is 26.0 Å². The SMILES string of the molecule is C=COCCOCCC1=NC2CCCCC2N1CCOCCOC=C. The van der Waals surface area contributed by atoms with Crippen molar-refractivity contribution in [3.8, 4) is 0 Å². The number of fused-ring (bicyclic) bond motifs is 1. The normalized spacial score (nSPS) is 22.2. The van der Waals surface area contributed by atoms with Gasteiger partial charge in [-0.15, -0.1) is 0 Å². The van der Waals surface area contributed by atoms with Gasteiger partial charge in [0.1, 0.15) is 19.0 Å². The number of rotatable bonds is 14. The largest absolute Gasteiger partial charge is 0.499 e. The Morgan fingerprint density at radius 1 is 0.920 bits per heavy atom. The second-order valence-corrected chi connectivity index (χ2v) is 6.21. The highest BCUT2D eigenvalue weighted by Crippen LogP contribution is 2.31. The monoisotopic (exact) mass is 352 g/mol. The van der Waals surface area contributed by atoms with Crippen LogP contribution in [0, 0.1) is 0 Å². The standard InChI is InChI=1S/C19H32N2O4/c1-3-22-13-15-24-11-9-19-20-17-7-5-6-8-18(17)21(19)10-12-25-16-14-23-4-2/h3-4,17-18H,1-2,5-16H2. The molecule has 1 saturated carbocycles. The molecule has 0 saturated heterocycles. The maximum Gasteiger partial charge on any atom is 0.111 e. The van der Waals surface area contributed by atoms with Crippen LogP contribution in [0.15, 0.2) is 30.7 Å². The summed E-state index contributed by atoms with van der Waals surface area (Å²) in [5, 5.41) is 0. The molecule has 2 atom stereocenters. The molecule has 2 aliphatic rings. The lowest BCUT2D eigenvalue weighted by atomic mass is 9.91. The van der Waals surface area contributed by atoms with Gasteiger partial charge in [-0.3, -0.25) is 4.99 Å². The first-order chi connectivity index (χ1) is 12.4. The second-order valence-electron chi connectivity index (χ2n) is 6.21. The lowest BCUT2D eigenvalue weighted by Crippen LogP contribution is -2.43. The van der Waals surface area contributed by atoms with E-state index in [4.69, 9.17) is 23.9 Å². The van der Waals surface area contributed by atoms with Crippen LogP contribution in [0.5, 0.6) is 0 Å². The zero-order valence-corrected chi connectivity index (χ0v) is 15.2. The van der Waals surface area contributed by atoms with Crippen LogP contribution in [0.25, 0.3) is 0 Å². The van der Waals surface area contributed by atoms with Crippen molar-refractivity contribution in [1.82, 2.24) is 4.90 Å². The van der Waals surface area contributed by atoms with Gasteiger partial charge in [-0.25, -0.2) is 0 Å². The van der Waals surface area contributed by atoms with Gasteiger partial charge in [-0.2, -0.15) is 0 Å². The third kappa shape index (κ3) is 6.71. The van der Waals surface area contributed by atoms with E-state index in [0.29, 0.717) is 51.7 Å². The molecule has 1 fully saturated rings. The third-order valence-corrected chi connectivity index (χ3v) is 4.61. The van der Waals surface area contributed by atoms with Crippen LogP contribution in [0.2, 0.25) is 0 Å². The molecule has 0 aromatic carbocycles. The molecule has 0 aromatic rings. The van der Waals surface area contributed by atoms with Gasteiger partial charge in [0, 0.05) is 13.0 Å². The van der Waals surface area contributed by atoms with Crippen LogP contribution < -0.4 is 0 Å². The Balaban J connectivity index is 1.73. The van der Waals surface area contributed by atoms with Crippen LogP contribution in [0.3, 0.4) is 0 Å². The van der Waals surface area contributed by atoms with Crippen molar-refractivity contribution in [3.05, 3.63) is 25.7 Å². The van der Waals surface area contributed by atoms with E-state index in [1.165, 1.54) is 44.0 Å². The van der Waals surface area contributed by atoms with Crippen molar-refractivity contribution in [2.75, 3.05) is 46.2 Å². The minimum atomic E-state index is 0.456. The third-order valence-electron chi connectivity index (χ3n) is 4.61. The molecule has 2 rings (SSSR count). The van der Waals surface area contributed by atoms with E-state index in [9.17, 15) is 0 Å². The molecular weight excluding hydrogens is 320 g/mol. The number of hydrogen-bond donors (Lipinski definition) is 0. The average Bonchev–Trinajstić information content (AvgIpc) is 2.98. The molecule has 0 N–H and O–H groups in total. The van der Waals surface area contributed by atoms with Crippen molar-refractivity contribution >= 4 is 5.84 Å². The maximum atomic E-state index is 5.67. The number of ether oxygens (including phenoxy) is 4. The van der Waals surface area contributed by atoms with Crippen molar-refractivity contribution in [1.29, 1.82) is 0 Å². The summed E-state index contributed by atoms with van der Waals surface area (Å²) in [7, 11) is 0. The van der Waals surface area contributed by atoms with Gasteiger partial charge in [0.05, 0.1) is 51.0 Å². The van der Waals surface area contributed by atoms with Crippen LogP contribution in [0.1, 0.15) is 32.1 Å². The fraction of sp³-hybridized carbons (Fsp3) is 0.737. The molecule has 0 aromatic heterocycles. The zero-order chi connectivity index (χ0) is 17.7. The van der Waals surface area contributed by atoms with Gasteiger partial charge in [-0.05, 0) is 12.8 Å². The molecule has 0 amide bonds. The van der Waals surface area contributed by atoms with Crippen molar-refractivity contribution in [2.24, 2.45) is 4.99 Å². The highest BCUT2D eigenvalue weighted by Gasteiger charge is 2.36. The van der Waals surface area contributed by atoms with E-state index < -0.39 is 0 Å². The van der Waals surface area contributed by atoms with E-state index in [1.807, 2.05) is 0 Å². The maximum absolute atomic E-state index is 5.67. The lowest BCUT2D eigenvalue weighted by Gasteiger charge is -2.33. The Morgan fingerprint density at radius 2 is 1.60 bits per heavy atom.